The zero-order chi connectivity index (χ0) is 17.8. The van der Waals surface area contributed by atoms with Gasteiger partial charge in [-0.1, -0.05) is 0 Å². The Morgan fingerprint density at radius 2 is 2.23 bits per heavy atom. The van der Waals surface area contributed by atoms with E-state index in [1.807, 2.05) is 22.5 Å². The first-order valence-corrected chi connectivity index (χ1v) is 10.2. The number of carbonyl (C=O) groups is 1. The van der Waals surface area contributed by atoms with Crippen LogP contribution in [0.3, 0.4) is 0 Å². The van der Waals surface area contributed by atoms with Crippen molar-refractivity contribution in [2.24, 2.45) is 22.4 Å². The minimum absolute atomic E-state index is 0.0684. The predicted molar refractivity (Wildman–Crippen MR) is 104 cm³/mol. The van der Waals surface area contributed by atoms with Gasteiger partial charge in [-0.05, 0) is 43.0 Å². The van der Waals surface area contributed by atoms with Gasteiger partial charge in [0.25, 0.3) is 0 Å². The highest BCUT2D eigenvalue weighted by Crippen LogP contribution is 2.28. The number of benzene rings is 1. The van der Waals surface area contributed by atoms with Crippen LogP contribution in [0.25, 0.3) is 16.4 Å². The van der Waals surface area contributed by atoms with Crippen molar-refractivity contribution in [1.82, 2.24) is 4.98 Å². The quantitative estimate of drug-likeness (QED) is 0.692. The van der Waals surface area contributed by atoms with Gasteiger partial charge < -0.3 is 10.6 Å². The van der Waals surface area contributed by atoms with Gasteiger partial charge in [-0.2, -0.15) is 0 Å². The van der Waals surface area contributed by atoms with Crippen LogP contribution in [0.1, 0.15) is 16.9 Å². The number of hydrogen-bond donors (Lipinski definition) is 2. The van der Waals surface area contributed by atoms with E-state index in [0.29, 0.717) is 6.42 Å². The topological polar surface area (TPSA) is 97.6 Å². The highest BCUT2D eigenvalue weighted by molar-refractivity contribution is 7.16. The van der Waals surface area contributed by atoms with Crippen molar-refractivity contribution < 1.29 is 4.79 Å². The summed E-state index contributed by atoms with van der Waals surface area (Å²) >= 11 is 3.26. The highest BCUT2D eigenvalue weighted by atomic mass is 32.1. The molecule has 1 amide bonds. The number of rotatable bonds is 2. The fourth-order valence-electron chi connectivity index (χ4n) is 3.70. The van der Waals surface area contributed by atoms with E-state index in [9.17, 15) is 4.79 Å². The number of carbonyl (C=O) groups excluding carboxylic acids is 1. The molecule has 26 heavy (non-hydrogen) atoms. The number of nitrogens with two attached hydrogens (primary N) is 2. The maximum atomic E-state index is 11.5. The van der Waals surface area contributed by atoms with E-state index in [2.05, 4.69) is 17.3 Å². The van der Waals surface area contributed by atoms with Crippen molar-refractivity contribution >= 4 is 50.7 Å². The number of nitrogens with zero attached hydrogens (tertiary/aromatic N) is 3. The summed E-state index contributed by atoms with van der Waals surface area (Å²) in [5.74, 6) is -0.278. The Hall–Kier alpha value is -2.29. The van der Waals surface area contributed by atoms with Gasteiger partial charge in [-0.3, -0.25) is 10.5 Å². The van der Waals surface area contributed by atoms with Crippen LogP contribution >= 0.6 is 22.7 Å². The smallest absolute Gasteiger partial charge is 0.220 e. The molecule has 3 heterocycles. The third kappa shape index (κ3) is 2.45. The lowest BCUT2D eigenvalue weighted by molar-refractivity contribution is -0.122. The molecule has 3 aromatic rings. The van der Waals surface area contributed by atoms with E-state index in [4.69, 9.17) is 16.5 Å². The summed E-state index contributed by atoms with van der Waals surface area (Å²) in [6.07, 6.45) is 4.03. The molecule has 132 valence electrons. The Morgan fingerprint density at radius 3 is 3.08 bits per heavy atom. The summed E-state index contributed by atoms with van der Waals surface area (Å²) in [5, 5.41) is 1.14. The molecule has 0 bridgehead atoms. The van der Waals surface area contributed by atoms with Crippen LogP contribution < -0.4 is 26.3 Å². The minimum atomic E-state index is -0.458. The molecule has 1 aliphatic carbocycles. The van der Waals surface area contributed by atoms with Crippen molar-refractivity contribution in [2.75, 3.05) is 4.90 Å². The highest BCUT2D eigenvalue weighted by Gasteiger charge is 2.27. The zero-order valence-electron chi connectivity index (χ0n) is 13.9. The molecule has 2 aromatic heterocycles. The second-order valence-corrected chi connectivity index (χ2v) is 8.62. The molecule has 0 saturated heterocycles. The largest absolute Gasteiger partial charge is 0.369 e. The van der Waals surface area contributed by atoms with Crippen molar-refractivity contribution in [1.29, 1.82) is 0 Å². The second kappa shape index (κ2) is 5.87. The van der Waals surface area contributed by atoms with Crippen LogP contribution in [0.15, 0.2) is 28.7 Å². The Labute approximate surface area is 157 Å². The first-order chi connectivity index (χ1) is 12.6. The van der Waals surface area contributed by atoms with Crippen molar-refractivity contribution in [3.8, 4) is 0 Å². The molecule has 0 spiro atoms. The van der Waals surface area contributed by atoms with E-state index < -0.39 is 6.29 Å². The van der Waals surface area contributed by atoms with Gasteiger partial charge in [-0.25, -0.2) is 9.98 Å². The number of thiazole rings is 1. The average molecular weight is 384 g/mol. The molecule has 1 aliphatic heterocycles. The number of hydrogen-bond acceptors (Lipinski definition) is 7. The Morgan fingerprint density at radius 1 is 1.35 bits per heavy atom. The van der Waals surface area contributed by atoms with Crippen LogP contribution in [0.4, 0.5) is 5.69 Å². The van der Waals surface area contributed by atoms with E-state index in [1.54, 1.807) is 22.7 Å². The molecule has 8 heteroatoms. The minimum Gasteiger partial charge on any atom is -0.369 e. The Balaban J connectivity index is 1.60. The van der Waals surface area contributed by atoms with E-state index >= 15 is 0 Å². The predicted octanol–water partition coefficient (Wildman–Crippen LogP) is 1.07. The lowest BCUT2D eigenvalue weighted by atomic mass is 9.88. The van der Waals surface area contributed by atoms with Crippen LogP contribution in [-0.2, 0) is 17.6 Å². The second-order valence-electron chi connectivity index (χ2n) is 6.65. The van der Waals surface area contributed by atoms with E-state index in [-0.39, 0.29) is 11.8 Å². The van der Waals surface area contributed by atoms with Crippen LogP contribution in [0, 0.1) is 5.92 Å². The van der Waals surface area contributed by atoms with E-state index in [0.717, 1.165) is 38.6 Å². The van der Waals surface area contributed by atoms with Crippen molar-refractivity contribution in [2.45, 2.75) is 25.6 Å². The molecule has 2 unspecified atom stereocenters. The van der Waals surface area contributed by atoms with Gasteiger partial charge in [0.1, 0.15) is 4.67 Å². The van der Waals surface area contributed by atoms with Gasteiger partial charge in [0.05, 0.1) is 15.7 Å². The summed E-state index contributed by atoms with van der Waals surface area (Å²) in [7, 11) is 0. The average Bonchev–Trinajstić information content (AvgIpc) is 3.23. The number of amides is 1. The van der Waals surface area contributed by atoms with Gasteiger partial charge >= 0.3 is 0 Å². The molecule has 5 rings (SSSR count). The maximum Gasteiger partial charge on any atom is 0.220 e. The molecule has 2 aliphatic rings. The van der Waals surface area contributed by atoms with Gasteiger partial charge in [-0.15, -0.1) is 22.7 Å². The number of aromatic nitrogens is 1. The summed E-state index contributed by atoms with van der Waals surface area (Å²) in [5.41, 5.74) is 17.0. The number of anilines is 1. The molecule has 2 atom stereocenters. The fourth-order valence-corrected chi connectivity index (χ4v) is 5.71. The zero-order valence-corrected chi connectivity index (χ0v) is 15.5. The van der Waals surface area contributed by atoms with Gasteiger partial charge in [0.2, 0.25) is 5.91 Å². The van der Waals surface area contributed by atoms with Gasteiger partial charge in [0.15, 0.2) is 6.29 Å². The molecular weight excluding hydrogens is 366 g/mol. The van der Waals surface area contributed by atoms with Crippen LogP contribution in [0.2, 0.25) is 0 Å². The summed E-state index contributed by atoms with van der Waals surface area (Å²) < 4.78 is 2.09. The summed E-state index contributed by atoms with van der Waals surface area (Å²) in [4.78, 5) is 23.8. The summed E-state index contributed by atoms with van der Waals surface area (Å²) in [6, 6.07) is 6.14. The van der Waals surface area contributed by atoms with Crippen LogP contribution in [-0.4, -0.2) is 17.2 Å². The number of fused-ring (bicyclic) bond motifs is 4. The fraction of sp³-hybridized carbons (Fsp3) is 0.278. The van der Waals surface area contributed by atoms with Crippen molar-refractivity contribution in [3.63, 3.8) is 0 Å². The van der Waals surface area contributed by atoms with Gasteiger partial charge in [0, 0.05) is 27.9 Å². The number of primary amides is 1. The molecule has 0 fully saturated rings. The Kier molecular flexibility index (Phi) is 3.59. The number of thiophene rings is 1. The van der Waals surface area contributed by atoms with E-state index in [1.165, 1.54) is 10.4 Å². The maximum absolute atomic E-state index is 11.5. The first-order valence-electron chi connectivity index (χ1n) is 8.47. The molecule has 4 N–H and O–H groups in total. The normalized spacial score (nSPS) is 21.7. The molecular formula is C18H17N5OS2. The standard InChI is InChI=1S/C18H17N5OS2/c19-16(24)9-1-3-11-12-7-23(18(20)22-17(12)26-14(11)5-9)10-2-4-13-15(6-10)25-8-21-13/h2,4,6-9,18H,1,3,5,20H2,(H2,19,24). The third-order valence-corrected chi connectivity index (χ3v) is 7.07. The molecule has 6 nitrogen and oxygen atoms in total. The van der Waals surface area contributed by atoms with Crippen molar-refractivity contribution in [3.05, 3.63) is 44.0 Å². The Bertz CT molecular complexity index is 1150. The molecule has 1 aromatic carbocycles. The molecule has 0 saturated carbocycles. The lowest BCUT2D eigenvalue weighted by Gasteiger charge is -2.26. The SMILES string of the molecule is NC(=O)C1CCc2c(sc3c2=CN(c2ccc4ncsc4c2)C(N)N=3)C1. The summed E-state index contributed by atoms with van der Waals surface area (Å²) in [6.45, 7) is 0. The lowest BCUT2D eigenvalue weighted by Crippen LogP contribution is -2.46. The molecule has 0 radical (unpaired) electrons. The first kappa shape index (κ1) is 15.9. The third-order valence-electron chi connectivity index (χ3n) is 5.10. The van der Waals surface area contributed by atoms with Crippen LogP contribution in [0.5, 0.6) is 0 Å². The monoisotopic (exact) mass is 383 g/mol.